The summed E-state index contributed by atoms with van der Waals surface area (Å²) in [5.74, 6) is 0.327. The van der Waals surface area contributed by atoms with Crippen LogP contribution in [0.15, 0.2) is 42.5 Å². The third kappa shape index (κ3) is 2.47. The van der Waals surface area contributed by atoms with Crippen molar-refractivity contribution in [3.05, 3.63) is 59.4 Å². The summed E-state index contributed by atoms with van der Waals surface area (Å²) in [4.78, 5) is 0. The SMILES string of the molecule is COc1ccc(F)c(NC2COCc3ccccc32)c1. The molecule has 1 atom stereocenters. The molecule has 0 bridgehead atoms. The van der Waals surface area contributed by atoms with Gasteiger partial charge in [0, 0.05) is 6.07 Å². The number of benzene rings is 2. The molecular weight excluding hydrogens is 257 g/mol. The van der Waals surface area contributed by atoms with Crippen LogP contribution in [0.1, 0.15) is 17.2 Å². The van der Waals surface area contributed by atoms with Crippen LogP contribution in [-0.2, 0) is 11.3 Å². The van der Waals surface area contributed by atoms with Gasteiger partial charge in [0.2, 0.25) is 0 Å². The summed E-state index contributed by atoms with van der Waals surface area (Å²) in [5.41, 5.74) is 2.72. The zero-order valence-electron chi connectivity index (χ0n) is 11.2. The smallest absolute Gasteiger partial charge is 0.146 e. The first-order valence-corrected chi connectivity index (χ1v) is 6.53. The molecule has 0 aliphatic carbocycles. The Balaban J connectivity index is 1.89. The maximum absolute atomic E-state index is 13.9. The van der Waals surface area contributed by atoms with Gasteiger partial charge in [-0.25, -0.2) is 4.39 Å². The Morgan fingerprint density at radius 3 is 2.95 bits per heavy atom. The van der Waals surface area contributed by atoms with E-state index in [-0.39, 0.29) is 11.9 Å². The van der Waals surface area contributed by atoms with E-state index in [9.17, 15) is 4.39 Å². The number of anilines is 1. The van der Waals surface area contributed by atoms with Crippen LogP contribution < -0.4 is 10.1 Å². The second kappa shape index (κ2) is 5.51. The van der Waals surface area contributed by atoms with Gasteiger partial charge in [0.25, 0.3) is 0 Å². The second-order valence-electron chi connectivity index (χ2n) is 4.76. The lowest BCUT2D eigenvalue weighted by atomic mass is 9.99. The molecule has 104 valence electrons. The molecule has 1 N–H and O–H groups in total. The van der Waals surface area contributed by atoms with Gasteiger partial charge in [-0.2, -0.15) is 0 Å². The van der Waals surface area contributed by atoms with Gasteiger partial charge < -0.3 is 14.8 Å². The lowest BCUT2D eigenvalue weighted by molar-refractivity contribution is 0.0969. The van der Waals surface area contributed by atoms with Crippen molar-refractivity contribution >= 4 is 5.69 Å². The highest BCUT2D eigenvalue weighted by Crippen LogP contribution is 2.30. The molecule has 0 amide bonds. The molecule has 3 rings (SSSR count). The molecule has 0 radical (unpaired) electrons. The number of hydrogen-bond acceptors (Lipinski definition) is 3. The Hall–Kier alpha value is -2.07. The van der Waals surface area contributed by atoms with Crippen LogP contribution >= 0.6 is 0 Å². The third-order valence-corrected chi connectivity index (χ3v) is 3.48. The number of ether oxygens (including phenoxy) is 2. The van der Waals surface area contributed by atoms with E-state index in [1.165, 1.54) is 6.07 Å². The lowest BCUT2D eigenvalue weighted by Crippen LogP contribution is -2.23. The van der Waals surface area contributed by atoms with Crippen molar-refractivity contribution < 1.29 is 13.9 Å². The molecule has 2 aromatic carbocycles. The maximum Gasteiger partial charge on any atom is 0.146 e. The van der Waals surface area contributed by atoms with Gasteiger partial charge in [-0.15, -0.1) is 0 Å². The third-order valence-electron chi connectivity index (χ3n) is 3.48. The molecule has 0 fully saturated rings. The van der Waals surface area contributed by atoms with Crippen molar-refractivity contribution in [3.63, 3.8) is 0 Å². The van der Waals surface area contributed by atoms with E-state index < -0.39 is 0 Å². The van der Waals surface area contributed by atoms with Gasteiger partial charge in [0.15, 0.2) is 0 Å². The average molecular weight is 273 g/mol. The fourth-order valence-corrected chi connectivity index (χ4v) is 2.43. The first-order valence-electron chi connectivity index (χ1n) is 6.53. The fraction of sp³-hybridized carbons (Fsp3) is 0.250. The summed E-state index contributed by atoms with van der Waals surface area (Å²) in [6.45, 7) is 1.13. The monoisotopic (exact) mass is 273 g/mol. The molecule has 4 heteroatoms. The Kier molecular flexibility index (Phi) is 3.56. The molecule has 2 aromatic rings. The van der Waals surface area contributed by atoms with Crippen LogP contribution in [0.4, 0.5) is 10.1 Å². The summed E-state index contributed by atoms with van der Waals surface area (Å²) < 4.78 is 24.6. The predicted molar refractivity (Wildman–Crippen MR) is 75.4 cm³/mol. The van der Waals surface area contributed by atoms with Gasteiger partial charge in [-0.1, -0.05) is 24.3 Å². The Morgan fingerprint density at radius 2 is 2.10 bits per heavy atom. The summed E-state index contributed by atoms with van der Waals surface area (Å²) in [6, 6.07) is 12.7. The molecule has 0 spiro atoms. The molecule has 0 aromatic heterocycles. The number of fused-ring (bicyclic) bond motifs is 1. The number of halogens is 1. The molecule has 1 aliphatic heterocycles. The molecule has 20 heavy (non-hydrogen) atoms. The van der Waals surface area contributed by atoms with Crippen LogP contribution in [0, 0.1) is 5.82 Å². The van der Waals surface area contributed by atoms with Crippen molar-refractivity contribution in [1.82, 2.24) is 0 Å². The first kappa shape index (κ1) is 12.9. The Labute approximate surface area is 117 Å². The summed E-state index contributed by atoms with van der Waals surface area (Å²) >= 11 is 0. The van der Waals surface area contributed by atoms with E-state index in [2.05, 4.69) is 5.32 Å². The van der Waals surface area contributed by atoms with Crippen LogP contribution in [0.5, 0.6) is 5.75 Å². The normalized spacial score (nSPS) is 17.4. The topological polar surface area (TPSA) is 30.5 Å². The Morgan fingerprint density at radius 1 is 1.25 bits per heavy atom. The van der Waals surface area contributed by atoms with Crippen LogP contribution in [0.25, 0.3) is 0 Å². The standard InChI is InChI=1S/C16H16FNO2/c1-19-12-6-7-14(17)15(8-12)18-16-10-20-9-11-4-2-3-5-13(11)16/h2-8,16,18H,9-10H2,1H3. The van der Waals surface area contributed by atoms with Crippen molar-refractivity contribution in [1.29, 1.82) is 0 Å². The number of hydrogen-bond donors (Lipinski definition) is 1. The Bertz CT molecular complexity index is 615. The molecular formula is C16H16FNO2. The van der Waals surface area contributed by atoms with Gasteiger partial charge >= 0.3 is 0 Å². The van der Waals surface area contributed by atoms with Gasteiger partial charge in [-0.3, -0.25) is 0 Å². The highest BCUT2D eigenvalue weighted by Gasteiger charge is 2.21. The van der Waals surface area contributed by atoms with Crippen LogP contribution in [0.2, 0.25) is 0 Å². The zero-order valence-corrected chi connectivity index (χ0v) is 11.2. The molecule has 1 aliphatic rings. The van der Waals surface area contributed by atoms with Crippen LogP contribution in [-0.4, -0.2) is 13.7 Å². The van der Waals surface area contributed by atoms with E-state index in [4.69, 9.17) is 9.47 Å². The van der Waals surface area contributed by atoms with E-state index in [1.54, 1.807) is 19.2 Å². The summed E-state index contributed by atoms with van der Waals surface area (Å²) in [6.07, 6.45) is 0. The maximum atomic E-state index is 13.9. The molecule has 3 nitrogen and oxygen atoms in total. The molecule has 0 saturated heterocycles. The summed E-state index contributed by atoms with van der Waals surface area (Å²) in [5, 5.41) is 3.20. The molecule has 0 saturated carbocycles. The quantitative estimate of drug-likeness (QED) is 0.928. The van der Waals surface area contributed by atoms with Gasteiger partial charge in [0.1, 0.15) is 11.6 Å². The van der Waals surface area contributed by atoms with Crippen molar-refractivity contribution in [2.24, 2.45) is 0 Å². The van der Waals surface area contributed by atoms with E-state index in [0.29, 0.717) is 24.7 Å². The van der Waals surface area contributed by atoms with Crippen molar-refractivity contribution in [3.8, 4) is 5.75 Å². The number of nitrogens with one attached hydrogen (secondary N) is 1. The average Bonchev–Trinajstić information content (AvgIpc) is 2.50. The van der Waals surface area contributed by atoms with Crippen LogP contribution in [0.3, 0.4) is 0 Å². The van der Waals surface area contributed by atoms with E-state index in [0.717, 1.165) is 11.1 Å². The highest BCUT2D eigenvalue weighted by atomic mass is 19.1. The minimum absolute atomic E-state index is 0.0541. The van der Waals surface area contributed by atoms with Crippen molar-refractivity contribution in [2.75, 3.05) is 19.0 Å². The second-order valence-corrected chi connectivity index (χ2v) is 4.76. The van der Waals surface area contributed by atoms with Gasteiger partial charge in [0.05, 0.1) is 32.1 Å². The minimum atomic E-state index is -0.297. The molecule has 1 heterocycles. The lowest BCUT2D eigenvalue weighted by Gasteiger charge is -2.27. The zero-order chi connectivity index (χ0) is 13.9. The van der Waals surface area contributed by atoms with E-state index in [1.807, 2.05) is 24.3 Å². The van der Waals surface area contributed by atoms with Gasteiger partial charge in [-0.05, 0) is 23.3 Å². The summed E-state index contributed by atoms with van der Waals surface area (Å²) in [7, 11) is 1.57. The van der Waals surface area contributed by atoms with E-state index >= 15 is 0 Å². The minimum Gasteiger partial charge on any atom is -0.497 e. The molecule has 1 unspecified atom stereocenters. The fourth-order valence-electron chi connectivity index (χ4n) is 2.43. The first-order chi connectivity index (χ1) is 9.78. The number of methoxy groups -OCH3 is 1. The number of rotatable bonds is 3. The predicted octanol–water partition coefficient (Wildman–Crippen LogP) is 3.52. The van der Waals surface area contributed by atoms with Crippen molar-refractivity contribution in [2.45, 2.75) is 12.6 Å². The highest BCUT2D eigenvalue weighted by molar-refractivity contribution is 5.52. The largest absolute Gasteiger partial charge is 0.497 e.